The van der Waals surface area contributed by atoms with Crippen LogP contribution < -0.4 is 11.2 Å². The predicted octanol–water partition coefficient (Wildman–Crippen LogP) is -1.36. The lowest BCUT2D eigenvalue weighted by molar-refractivity contribution is -0.146. The maximum atomic E-state index is 12.0. The summed E-state index contributed by atoms with van der Waals surface area (Å²) < 4.78 is 12.4. The zero-order valence-electron chi connectivity index (χ0n) is 11.6. The molecular formula is C13H18N2O6. The second-order valence-corrected chi connectivity index (χ2v) is 5.56. The van der Waals surface area contributed by atoms with E-state index in [0.717, 1.165) is 0 Å². The molecule has 21 heavy (non-hydrogen) atoms. The van der Waals surface area contributed by atoms with Crippen LogP contribution in [-0.2, 0) is 9.47 Å². The summed E-state index contributed by atoms with van der Waals surface area (Å²) in [5.41, 5.74) is -2.08. The molecule has 2 aliphatic rings. The number of fused-ring (bicyclic) bond motifs is 1. The van der Waals surface area contributed by atoms with E-state index in [4.69, 9.17) is 9.47 Å². The number of nitrogens with one attached hydrogen (secondary N) is 1. The monoisotopic (exact) mass is 298 g/mol. The molecule has 2 aliphatic heterocycles. The standard InChI is InChI=1S/C13H18N2O6/c1-7-5-15(12(18)14-10(7)17)11-9-13(19,3-2-4-20-9)8(6-16)21-11/h5,8-9,11,16,19H,2-4,6H2,1H3,(H,14,17,18)/t8-,9-,11-,13-/m1/s1. The van der Waals surface area contributed by atoms with Gasteiger partial charge in [0.15, 0.2) is 6.23 Å². The number of hydrogen-bond acceptors (Lipinski definition) is 6. The van der Waals surface area contributed by atoms with E-state index in [1.54, 1.807) is 6.92 Å². The highest BCUT2D eigenvalue weighted by atomic mass is 16.6. The highest BCUT2D eigenvalue weighted by molar-refractivity contribution is 5.08. The van der Waals surface area contributed by atoms with Crippen molar-refractivity contribution in [3.05, 3.63) is 32.6 Å². The fourth-order valence-corrected chi connectivity index (χ4v) is 3.07. The fraction of sp³-hybridized carbons (Fsp3) is 0.692. The molecule has 0 unspecified atom stereocenters. The molecule has 0 aromatic carbocycles. The third kappa shape index (κ3) is 2.15. The summed E-state index contributed by atoms with van der Waals surface area (Å²) in [5, 5.41) is 20.1. The third-order valence-corrected chi connectivity index (χ3v) is 4.22. The second-order valence-electron chi connectivity index (χ2n) is 5.56. The third-order valence-electron chi connectivity index (χ3n) is 4.22. The first kappa shape index (κ1) is 14.5. The predicted molar refractivity (Wildman–Crippen MR) is 71.0 cm³/mol. The lowest BCUT2D eigenvalue weighted by Crippen LogP contribution is -2.53. The van der Waals surface area contributed by atoms with Gasteiger partial charge < -0.3 is 19.7 Å². The number of aliphatic hydroxyl groups excluding tert-OH is 1. The molecule has 2 saturated heterocycles. The molecule has 3 heterocycles. The molecule has 8 heteroatoms. The molecule has 116 valence electrons. The zero-order chi connectivity index (χ0) is 15.2. The van der Waals surface area contributed by atoms with Crippen molar-refractivity contribution in [2.45, 2.75) is 43.8 Å². The topological polar surface area (TPSA) is 114 Å². The Morgan fingerprint density at radius 2 is 2.29 bits per heavy atom. The zero-order valence-corrected chi connectivity index (χ0v) is 11.6. The Morgan fingerprint density at radius 3 is 3.00 bits per heavy atom. The summed E-state index contributed by atoms with van der Waals surface area (Å²) in [6.07, 6.45) is -0.00612. The van der Waals surface area contributed by atoms with Crippen molar-refractivity contribution in [1.29, 1.82) is 0 Å². The molecule has 1 aromatic rings. The van der Waals surface area contributed by atoms with E-state index < -0.39 is 35.3 Å². The average Bonchev–Trinajstić information content (AvgIpc) is 2.75. The maximum absolute atomic E-state index is 12.0. The van der Waals surface area contributed by atoms with Crippen LogP contribution in [0.1, 0.15) is 24.6 Å². The molecule has 0 amide bonds. The normalized spacial score (nSPS) is 35.7. The van der Waals surface area contributed by atoms with Gasteiger partial charge in [0.05, 0.1) is 6.61 Å². The van der Waals surface area contributed by atoms with Crippen molar-refractivity contribution in [3.63, 3.8) is 0 Å². The van der Waals surface area contributed by atoms with E-state index in [1.165, 1.54) is 10.8 Å². The van der Waals surface area contributed by atoms with Crippen molar-refractivity contribution >= 4 is 0 Å². The van der Waals surface area contributed by atoms with Crippen LogP contribution in [-0.4, -0.2) is 50.8 Å². The van der Waals surface area contributed by atoms with Gasteiger partial charge in [-0.3, -0.25) is 14.3 Å². The first-order chi connectivity index (χ1) is 9.97. The average molecular weight is 298 g/mol. The lowest BCUT2D eigenvalue weighted by Gasteiger charge is -2.36. The Morgan fingerprint density at radius 1 is 1.52 bits per heavy atom. The van der Waals surface area contributed by atoms with Crippen LogP contribution >= 0.6 is 0 Å². The first-order valence-corrected chi connectivity index (χ1v) is 6.90. The number of aliphatic hydroxyl groups is 2. The molecule has 0 saturated carbocycles. The van der Waals surface area contributed by atoms with E-state index >= 15 is 0 Å². The SMILES string of the molecule is Cc1cn([C@@H]2O[C@H](CO)[C@]3(O)CCCO[C@H]23)c(=O)[nH]c1=O. The maximum Gasteiger partial charge on any atom is 0.330 e. The highest BCUT2D eigenvalue weighted by Gasteiger charge is 2.58. The van der Waals surface area contributed by atoms with Gasteiger partial charge in [-0.2, -0.15) is 0 Å². The van der Waals surface area contributed by atoms with Crippen molar-refractivity contribution in [2.75, 3.05) is 13.2 Å². The summed E-state index contributed by atoms with van der Waals surface area (Å²) >= 11 is 0. The minimum Gasteiger partial charge on any atom is -0.394 e. The van der Waals surface area contributed by atoms with Crippen LogP contribution in [0.3, 0.4) is 0 Å². The number of nitrogens with zero attached hydrogens (tertiary/aromatic N) is 1. The summed E-state index contributed by atoms with van der Waals surface area (Å²) in [5.74, 6) is 0. The highest BCUT2D eigenvalue weighted by Crippen LogP contribution is 2.43. The second kappa shape index (κ2) is 5.06. The van der Waals surface area contributed by atoms with Crippen LogP contribution in [0, 0.1) is 6.92 Å². The number of aromatic nitrogens is 2. The van der Waals surface area contributed by atoms with Gasteiger partial charge in [0.25, 0.3) is 5.56 Å². The number of ether oxygens (including phenoxy) is 2. The molecule has 0 spiro atoms. The fourth-order valence-electron chi connectivity index (χ4n) is 3.07. The Labute approximate surface area is 119 Å². The van der Waals surface area contributed by atoms with E-state index in [9.17, 15) is 19.8 Å². The van der Waals surface area contributed by atoms with Crippen molar-refractivity contribution in [3.8, 4) is 0 Å². The van der Waals surface area contributed by atoms with Crippen molar-refractivity contribution < 1.29 is 19.7 Å². The minimum absolute atomic E-state index is 0.352. The van der Waals surface area contributed by atoms with Crippen LogP contribution in [0.2, 0.25) is 0 Å². The van der Waals surface area contributed by atoms with Gasteiger partial charge in [-0.05, 0) is 19.8 Å². The van der Waals surface area contributed by atoms with Gasteiger partial charge in [0, 0.05) is 18.4 Å². The number of aromatic amines is 1. The Kier molecular flexibility index (Phi) is 3.48. The molecule has 0 radical (unpaired) electrons. The lowest BCUT2D eigenvalue weighted by atomic mass is 9.85. The number of hydrogen-bond donors (Lipinski definition) is 3. The van der Waals surface area contributed by atoms with Gasteiger partial charge in [0.1, 0.15) is 17.8 Å². The van der Waals surface area contributed by atoms with Gasteiger partial charge in [-0.25, -0.2) is 4.79 Å². The molecule has 8 nitrogen and oxygen atoms in total. The Hall–Kier alpha value is -1.48. The van der Waals surface area contributed by atoms with Gasteiger partial charge in [-0.15, -0.1) is 0 Å². The largest absolute Gasteiger partial charge is 0.394 e. The van der Waals surface area contributed by atoms with E-state index in [0.29, 0.717) is 25.0 Å². The van der Waals surface area contributed by atoms with Crippen LogP contribution in [0.5, 0.6) is 0 Å². The Bertz CT molecular complexity index is 653. The number of rotatable bonds is 2. The van der Waals surface area contributed by atoms with E-state index in [2.05, 4.69) is 4.98 Å². The minimum atomic E-state index is -1.33. The van der Waals surface area contributed by atoms with Crippen molar-refractivity contribution in [2.24, 2.45) is 0 Å². The molecule has 0 aliphatic carbocycles. The summed E-state index contributed by atoms with van der Waals surface area (Å²) in [6, 6.07) is 0. The van der Waals surface area contributed by atoms with Gasteiger partial charge in [0.2, 0.25) is 0 Å². The van der Waals surface area contributed by atoms with E-state index in [-0.39, 0.29) is 6.61 Å². The molecule has 3 N–H and O–H groups in total. The van der Waals surface area contributed by atoms with Gasteiger partial charge in [-0.1, -0.05) is 0 Å². The summed E-state index contributed by atoms with van der Waals surface area (Å²) in [7, 11) is 0. The first-order valence-electron chi connectivity index (χ1n) is 6.90. The number of H-pyrrole nitrogens is 1. The van der Waals surface area contributed by atoms with Crippen LogP contribution in [0.15, 0.2) is 15.8 Å². The molecule has 3 rings (SSSR count). The van der Waals surface area contributed by atoms with Crippen LogP contribution in [0.25, 0.3) is 0 Å². The summed E-state index contributed by atoms with van der Waals surface area (Å²) in [6.45, 7) is 1.65. The van der Waals surface area contributed by atoms with Gasteiger partial charge >= 0.3 is 5.69 Å². The molecule has 2 fully saturated rings. The van der Waals surface area contributed by atoms with Crippen LogP contribution in [0.4, 0.5) is 0 Å². The molecule has 4 atom stereocenters. The molecule has 1 aromatic heterocycles. The Balaban J connectivity index is 2.05. The smallest absolute Gasteiger partial charge is 0.330 e. The molecular weight excluding hydrogens is 280 g/mol. The summed E-state index contributed by atoms with van der Waals surface area (Å²) in [4.78, 5) is 25.6. The molecule has 0 bridgehead atoms. The quantitative estimate of drug-likeness (QED) is 0.622. The number of aryl methyl sites for hydroxylation is 1. The van der Waals surface area contributed by atoms with Crippen molar-refractivity contribution in [1.82, 2.24) is 9.55 Å². The van der Waals surface area contributed by atoms with E-state index in [1.807, 2.05) is 0 Å².